The number of halogens is 1. The maximum atomic E-state index is 13.9. The number of fused-ring (bicyclic) bond motifs is 1. The average molecular weight is 237 g/mol. The topological polar surface area (TPSA) is 50.2 Å². The molecule has 0 aliphatic heterocycles. The van der Waals surface area contributed by atoms with Gasteiger partial charge in [0.15, 0.2) is 11.5 Å². The first kappa shape index (κ1) is 11.8. The highest BCUT2D eigenvalue weighted by atomic mass is 19.1. The molecule has 0 spiro atoms. The molecule has 2 aromatic rings. The number of aromatic nitrogens is 3. The van der Waals surface area contributed by atoms with Gasteiger partial charge in [0.2, 0.25) is 0 Å². The Labute approximate surface area is 98.5 Å². The van der Waals surface area contributed by atoms with Crippen molar-refractivity contribution >= 4 is 5.65 Å². The zero-order valence-electron chi connectivity index (χ0n) is 10.4. The Kier molecular flexibility index (Phi) is 2.77. The zero-order chi connectivity index (χ0) is 12.7. The Morgan fingerprint density at radius 1 is 1.29 bits per heavy atom. The minimum atomic E-state index is -0.438. The number of rotatable bonds is 2. The number of H-pyrrole nitrogens is 1. The highest BCUT2D eigenvalue weighted by Crippen LogP contribution is 2.19. The van der Waals surface area contributed by atoms with E-state index in [2.05, 4.69) is 10.1 Å². The lowest BCUT2D eigenvalue weighted by molar-refractivity contribution is 0.602. The van der Waals surface area contributed by atoms with Crippen molar-refractivity contribution in [2.24, 2.45) is 0 Å². The SMILES string of the molecule is CC(C)c1[nH]n2c(=O)c(C(C)C)cnc2c1F. The molecule has 0 radical (unpaired) electrons. The van der Waals surface area contributed by atoms with Gasteiger partial charge >= 0.3 is 0 Å². The molecule has 0 saturated carbocycles. The first-order valence-electron chi connectivity index (χ1n) is 5.72. The minimum Gasteiger partial charge on any atom is -0.290 e. The van der Waals surface area contributed by atoms with E-state index in [9.17, 15) is 9.18 Å². The van der Waals surface area contributed by atoms with Crippen LogP contribution in [0.15, 0.2) is 11.0 Å². The standard InChI is InChI=1S/C12H16FN3O/c1-6(2)8-5-14-11-9(13)10(7(3)4)15-16(11)12(8)17/h5-7,15H,1-4H3. The lowest BCUT2D eigenvalue weighted by Gasteiger charge is -2.03. The van der Waals surface area contributed by atoms with Gasteiger partial charge in [0.05, 0.1) is 5.69 Å². The predicted octanol–water partition coefficient (Wildman–Crippen LogP) is 2.41. The summed E-state index contributed by atoms with van der Waals surface area (Å²) < 4.78 is 15.1. The molecule has 5 heteroatoms. The van der Waals surface area contributed by atoms with Gasteiger partial charge in [-0.2, -0.15) is 4.52 Å². The van der Waals surface area contributed by atoms with E-state index in [0.717, 1.165) is 0 Å². The molecule has 2 heterocycles. The number of aromatic amines is 1. The molecule has 0 fully saturated rings. The first-order valence-corrected chi connectivity index (χ1v) is 5.72. The fraction of sp³-hybridized carbons (Fsp3) is 0.500. The van der Waals surface area contributed by atoms with Crippen LogP contribution in [-0.4, -0.2) is 14.6 Å². The fourth-order valence-corrected chi connectivity index (χ4v) is 1.80. The van der Waals surface area contributed by atoms with Crippen LogP contribution in [0.4, 0.5) is 4.39 Å². The van der Waals surface area contributed by atoms with Gasteiger partial charge in [0.1, 0.15) is 0 Å². The van der Waals surface area contributed by atoms with Crippen LogP contribution < -0.4 is 5.56 Å². The summed E-state index contributed by atoms with van der Waals surface area (Å²) in [6.07, 6.45) is 1.46. The zero-order valence-corrected chi connectivity index (χ0v) is 10.4. The molecule has 0 aromatic carbocycles. The summed E-state index contributed by atoms with van der Waals surface area (Å²) in [6, 6.07) is 0. The van der Waals surface area contributed by atoms with E-state index in [0.29, 0.717) is 11.3 Å². The van der Waals surface area contributed by atoms with Crippen molar-refractivity contribution < 1.29 is 4.39 Å². The van der Waals surface area contributed by atoms with Gasteiger partial charge in [-0.1, -0.05) is 27.7 Å². The second-order valence-electron chi connectivity index (χ2n) is 4.83. The summed E-state index contributed by atoms with van der Waals surface area (Å²) in [7, 11) is 0. The van der Waals surface area contributed by atoms with Crippen LogP contribution in [0.1, 0.15) is 50.8 Å². The van der Waals surface area contributed by atoms with Crippen molar-refractivity contribution in [1.29, 1.82) is 0 Å². The Bertz CT molecular complexity index is 610. The van der Waals surface area contributed by atoms with Crippen molar-refractivity contribution in [3.8, 4) is 0 Å². The second kappa shape index (κ2) is 3.98. The lowest BCUT2D eigenvalue weighted by atomic mass is 10.1. The quantitative estimate of drug-likeness (QED) is 0.872. The van der Waals surface area contributed by atoms with Crippen LogP contribution in [-0.2, 0) is 0 Å². The third-order valence-corrected chi connectivity index (χ3v) is 2.85. The normalized spacial score (nSPS) is 11.9. The molecule has 17 heavy (non-hydrogen) atoms. The summed E-state index contributed by atoms with van der Waals surface area (Å²) in [5, 5.41) is 2.79. The third kappa shape index (κ3) is 1.75. The monoisotopic (exact) mass is 237 g/mol. The largest absolute Gasteiger partial charge is 0.290 e. The van der Waals surface area contributed by atoms with Gasteiger partial charge in [-0.25, -0.2) is 9.37 Å². The molecule has 2 rings (SSSR count). The molecular weight excluding hydrogens is 221 g/mol. The van der Waals surface area contributed by atoms with Crippen LogP contribution in [0.3, 0.4) is 0 Å². The average Bonchev–Trinajstić information content (AvgIpc) is 2.57. The van der Waals surface area contributed by atoms with Gasteiger partial charge in [-0.05, 0) is 11.8 Å². The summed E-state index contributed by atoms with van der Waals surface area (Å²) in [6.45, 7) is 7.55. The molecule has 0 amide bonds. The molecule has 2 aromatic heterocycles. The van der Waals surface area contributed by atoms with Crippen molar-refractivity contribution in [1.82, 2.24) is 14.6 Å². The lowest BCUT2D eigenvalue weighted by Crippen LogP contribution is -2.20. The summed E-state index contributed by atoms with van der Waals surface area (Å²) in [5.74, 6) is -0.383. The molecule has 0 saturated heterocycles. The summed E-state index contributed by atoms with van der Waals surface area (Å²) in [4.78, 5) is 16.1. The maximum absolute atomic E-state index is 13.9. The van der Waals surface area contributed by atoms with Crippen molar-refractivity contribution in [2.75, 3.05) is 0 Å². The minimum absolute atomic E-state index is 0.0152. The third-order valence-electron chi connectivity index (χ3n) is 2.85. The van der Waals surface area contributed by atoms with Gasteiger partial charge < -0.3 is 0 Å². The van der Waals surface area contributed by atoms with Gasteiger partial charge in [0, 0.05) is 11.8 Å². The fourth-order valence-electron chi connectivity index (χ4n) is 1.80. The molecule has 0 bridgehead atoms. The highest BCUT2D eigenvalue weighted by Gasteiger charge is 2.18. The van der Waals surface area contributed by atoms with Crippen molar-refractivity contribution in [3.63, 3.8) is 0 Å². The van der Waals surface area contributed by atoms with E-state index in [1.807, 2.05) is 27.7 Å². The van der Waals surface area contributed by atoms with Crippen LogP contribution in [0.2, 0.25) is 0 Å². The summed E-state index contributed by atoms with van der Waals surface area (Å²) >= 11 is 0. The highest BCUT2D eigenvalue weighted by molar-refractivity contribution is 5.42. The van der Waals surface area contributed by atoms with Crippen LogP contribution in [0.25, 0.3) is 5.65 Å². The van der Waals surface area contributed by atoms with E-state index in [4.69, 9.17) is 0 Å². The summed E-state index contributed by atoms with van der Waals surface area (Å²) in [5.41, 5.74) is 0.841. The number of nitrogens with one attached hydrogen (secondary N) is 1. The number of hydrogen-bond donors (Lipinski definition) is 1. The Hall–Kier alpha value is -1.65. The van der Waals surface area contributed by atoms with Gasteiger partial charge in [0.25, 0.3) is 5.56 Å². The molecule has 0 unspecified atom stereocenters. The van der Waals surface area contributed by atoms with Crippen LogP contribution >= 0.6 is 0 Å². The first-order chi connectivity index (χ1) is 7.93. The number of nitrogens with zero attached hydrogens (tertiary/aromatic N) is 2. The van der Waals surface area contributed by atoms with Gasteiger partial charge in [-0.15, -0.1) is 0 Å². The molecule has 92 valence electrons. The molecular formula is C12H16FN3O. The van der Waals surface area contributed by atoms with Crippen LogP contribution in [0, 0.1) is 5.82 Å². The Balaban J connectivity index is 2.80. The molecule has 1 N–H and O–H groups in total. The van der Waals surface area contributed by atoms with Gasteiger partial charge in [-0.3, -0.25) is 9.89 Å². The van der Waals surface area contributed by atoms with Crippen LogP contribution in [0.5, 0.6) is 0 Å². The molecule has 0 atom stereocenters. The predicted molar refractivity (Wildman–Crippen MR) is 63.9 cm³/mol. The molecule has 4 nitrogen and oxygen atoms in total. The van der Waals surface area contributed by atoms with E-state index in [-0.39, 0.29) is 23.0 Å². The Morgan fingerprint density at radius 2 is 1.94 bits per heavy atom. The Morgan fingerprint density at radius 3 is 2.47 bits per heavy atom. The number of hydrogen-bond acceptors (Lipinski definition) is 2. The smallest absolute Gasteiger partial charge is 0.276 e. The van der Waals surface area contributed by atoms with E-state index >= 15 is 0 Å². The van der Waals surface area contributed by atoms with E-state index in [1.165, 1.54) is 10.7 Å². The maximum Gasteiger partial charge on any atom is 0.276 e. The van der Waals surface area contributed by atoms with E-state index < -0.39 is 5.82 Å². The van der Waals surface area contributed by atoms with E-state index in [1.54, 1.807) is 0 Å². The second-order valence-corrected chi connectivity index (χ2v) is 4.83. The van der Waals surface area contributed by atoms with Crippen molar-refractivity contribution in [2.45, 2.75) is 39.5 Å². The van der Waals surface area contributed by atoms with Crippen molar-refractivity contribution in [3.05, 3.63) is 33.6 Å². The molecule has 0 aliphatic carbocycles. The molecule has 0 aliphatic rings.